The van der Waals surface area contributed by atoms with Gasteiger partial charge in [-0.25, -0.2) is 0 Å². The molecule has 1 aromatic rings. The van der Waals surface area contributed by atoms with Crippen LogP contribution in [-0.4, -0.2) is 18.2 Å². The topological polar surface area (TPSA) is 46.2 Å². The van der Waals surface area contributed by atoms with Crippen LogP contribution in [0.3, 0.4) is 0 Å². The molecule has 0 aliphatic carbocycles. The largest absolute Gasteiger partial charge is 0.356 e. The molecule has 0 unspecified atom stereocenters. The summed E-state index contributed by atoms with van der Waals surface area (Å²) in [7, 11) is 0. The van der Waals surface area contributed by atoms with Gasteiger partial charge in [0, 0.05) is 24.3 Å². The molecular formula is C13H19NO2S. The maximum absolute atomic E-state index is 11.4. The first-order valence-corrected chi connectivity index (χ1v) is 6.85. The van der Waals surface area contributed by atoms with Crippen LogP contribution in [0, 0.1) is 0 Å². The van der Waals surface area contributed by atoms with Crippen molar-refractivity contribution in [2.75, 3.05) is 6.54 Å². The van der Waals surface area contributed by atoms with Gasteiger partial charge in [-0.1, -0.05) is 6.07 Å². The summed E-state index contributed by atoms with van der Waals surface area (Å²) in [5, 5.41) is 4.94. The molecule has 4 heteroatoms. The lowest BCUT2D eigenvalue weighted by Gasteiger charge is -2.03. The SMILES string of the molecule is CC(=O)CCCC(=O)NCCCc1cccs1. The van der Waals surface area contributed by atoms with Crippen molar-refractivity contribution < 1.29 is 9.59 Å². The first-order chi connectivity index (χ1) is 8.18. The van der Waals surface area contributed by atoms with Crippen molar-refractivity contribution in [2.45, 2.75) is 39.0 Å². The van der Waals surface area contributed by atoms with Crippen LogP contribution in [0.25, 0.3) is 0 Å². The van der Waals surface area contributed by atoms with Gasteiger partial charge in [-0.2, -0.15) is 0 Å². The molecule has 0 saturated heterocycles. The average Bonchev–Trinajstić information content (AvgIpc) is 2.76. The maximum Gasteiger partial charge on any atom is 0.220 e. The van der Waals surface area contributed by atoms with Crippen molar-refractivity contribution in [3.05, 3.63) is 22.4 Å². The van der Waals surface area contributed by atoms with E-state index in [9.17, 15) is 9.59 Å². The molecule has 0 spiro atoms. The van der Waals surface area contributed by atoms with E-state index in [1.165, 1.54) is 4.88 Å². The maximum atomic E-state index is 11.4. The summed E-state index contributed by atoms with van der Waals surface area (Å²) in [6.45, 7) is 2.27. The highest BCUT2D eigenvalue weighted by Crippen LogP contribution is 2.10. The number of hydrogen-bond acceptors (Lipinski definition) is 3. The quantitative estimate of drug-likeness (QED) is 0.724. The number of Topliss-reactive ketones (excluding diaryl/α,β-unsaturated/α-hetero) is 1. The Morgan fingerprint density at radius 1 is 1.29 bits per heavy atom. The number of hydrogen-bond donors (Lipinski definition) is 1. The summed E-state index contributed by atoms with van der Waals surface area (Å²) in [5.41, 5.74) is 0. The number of thiophene rings is 1. The van der Waals surface area contributed by atoms with E-state index in [-0.39, 0.29) is 11.7 Å². The van der Waals surface area contributed by atoms with Gasteiger partial charge in [0.1, 0.15) is 5.78 Å². The van der Waals surface area contributed by atoms with Crippen LogP contribution < -0.4 is 5.32 Å². The Morgan fingerprint density at radius 3 is 2.76 bits per heavy atom. The number of aryl methyl sites for hydroxylation is 1. The predicted octanol–water partition coefficient (Wildman–Crippen LogP) is 2.56. The van der Waals surface area contributed by atoms with Crippen LogP contribution in [0.2, 0.25) is 0 Å². The van der Waals surface area contributed by atoms with E-state index >= 15 is 0 Å². The normalized spacial score (nSPS) is 10.2. The lowest BCUT2D eigenvalue weighted by Crippen LogP contribution is -2.24. The van der Waals surface area contributed by atoms with Gasteiger partial charge in [0.2, 0.25) is 5.91 Å². The van der Waals surface area contributed by atoms with Gasteiger partial charge in [-0.05, 0) is 37.6 Å². The van der Waals surface area contributed by atoms with Gasteiger partial charge < -0.3 is 10.1 Å². The third-order valence-electron chi connectivity index (χ3n) is 2.43. The molecule has 0 fully saturated rings. The summed E-state index contributed by atoms with van der Waals surface area (Å²) < 4.78 is 0. The Hall–Kier alpha value is -1.16. The second-order valence-corrected chi connectivity index (χ2v) is 5.12. The Kier molecular flexibility index (Phi) is 6.55. The minimum Gasteiger partial charge on any atom is -0.356 e. The molecular weight excluding hydrogens is 234 g/mol. The molecule has 0 aliphatic rings. The molecule has 0 aromatic carbocycles. The Bertz CT molecular complexity index is 346. The van der Waals surface area contributed by atoms with Crippen LogP contribution in [-0.2, 0) is 16.0 Å². The molecule has 1 aromatic heterocycles. The summed E-state index contributed by atoms with van der Waals surface area (Å²) in [4.78, 5) is 23.4. The molecule has 0 atom stereocenters. The van der Waals surface area contributed by atoms with E-state index < -0.39 is 0 Å². The molecule has 1 amide bonds. The third-order valence-corrected chi connectivity index (χ3v) is 3.37. The fourth-order valence-electron chi connectivity index (χ4n) is 1.53. The number of rotatable bonds is 8. The smallest absolute Gasteiger partial charge is 0.220 e. The van der Waals surface area contributed by atoms with E-state index in [1.54, 1.807) is 18.3 Å². The zero-order chi connectivity index (χ0) is 12.5. The molecule has 0 saturated carbocycles. The first-order valence-electron chi connectivity index (χ1n) is 5.97. The predicted molar refractivity (Wildman–Crippen MR) is 70.2 cm³/mol. The Balaban J connectivity index is 1.98. The van der Waals surface area contributed by atoms with Gasteiger partial charge in [0.25, 0.3) is 0 Å². The van der Waals surface area contributed by atoms with Crippen molar-refractivity contribution in [1.29, 1.82) is 0 Å². The van der Waals surface area contributed by atoms with Crippen LogP contribution in [0.1, 0.15) is 37.5 Å². The molecule has 1 N–H and O–H groups in total. The van der Waals surface area contributed by atoms with Crippen molar-refractivity contribution >= 4 is 23.0 Å². The van der Waals surface area contributed by atoms with Crippen LogP contribution in [0.5, 0.6) is 0 Å². The second kappa shape index (κ2) is 8.01. The van der Waals surface area contributed by atoms with Crippen LogP contribution in [0.15, 0.2) is 17.5 Å². The molecule has 94 valence electrons. The fraction of sp³-hybridized carbons (Fsp3) is 0.538. The van der Waals surface area contributed by atoms with Gasteiger partial charge in [-0.15, -0.1) is 11.3 Å². The minimum absolute atomic E-state index is 0.0532. The van der Waals surface area contributed by atoms with Crippen molar-refractivity contribution in [3.63, 3.8) is 0 Å². The van der Waals surface area contributed by atoms with E-state index in [0.717, 1.165) is 19.4 Å². The average molecular weight is 253 g/mol. The Labute approximate surface area is 106 Å². The highest BCUT2D eigenvalue weighted by Gasteiger charge is 2.02. The standard InChI is InChI=1S/C13H19NO2S/c1-11(15)5-2-8-13(16)14-9-3-6-12-7-4-10-17-12/h4,7,10H,2-3,5-6,8-9H2,1H3,(H,14,16). The number of amides is 1. The summed E-state index contributed by atoms with van der Waals surface area (Å²) in [5.74, 6) is 0.202. The fourth-order valence-corrected chi connectivity index (χ4v) is 2.28. The molecule has 0 radical (unpaired) electrons. The summed E-state index contributed by atoms with van der Waals surface area (Å²) in [6.07, 6.45) is 3.61. The van der Waals surface area contributed by atoms with Crippen LogP contribution >= 0.6 is 11.3 Å². The number of carbonyl (C=O) groups is 2. The zero-order valence-electron chi connectivity index (χ0n) is 10.2. The van der Waals surface area contributed by atoms with E-state index in [0.29, 0.717) is 19.3 Å². The second-order valence-electron chi connectivity index (χ2n) is 4.09. The molecule has 1 heterocycles. The van der Waals surface area contributed by atoms with E-state index in [2.05, 4.69) is 16.8 Å². The molecule has 0 bridgehead atoms. The van der Waals surface area contributed by atoms with Gasteiger partial charge in [0.05, 0.1) is 0 Å². The summed E-state index contributed by atoms with van der Waals surface area (Å²) in [6, 6.07) is 4.15. The van der Waals surface area contributed by atoms with Crippen molar-refractivity contribution in [1.82, 2.24) is 5.32 Å². The number of nitrogens with one attached hydrogen (secondary N) is 1. The van der Waals surface area contributed by atoms with E-state index in [4.69, 9.17) is 0 Å². The van der Waals surface area contributed by atoms with E-state index in [1.807, 2.05) is 6.07 Å². The van der Waals surface area contributed by atoms with Gasteiger partial charge >= 0.3 is 0 Å². The Morgan fingerprint density at radius 2 is 2.12 bits per heavy atom. The molecule has 3 nitrogen and oxygen atoms in total. The third kappa shape index (κ3) is 6.89. The highest BCUT2D eigenvalue weighted by atomic mass is 32.1. The lowest BCUT2D eigenvalue weighted by molar-refractivity contribution is -0.121. The number of ketones is 1. The van der Waals surface area contributed by atoms with Crippen LogP contribution in [0.4, 0.5) is 0 Å². The monoisotopic (exact) mass is 253 g/mol. The lowest BCUT2D eigenvalue weighted by atomic mass is 10.2. The van der Waals surface area contributed by atoms with Gasteiger partial charge in [0.15, 0.2) is 0 Å². The summed E-state index contributed by atoms with van der Waals surface area (Å²) >= 11 is 1.75. The minimum atomic E-state index is 0.0532. The molecule has 17 heavy (non-hydrogen) atoms. The van der Waals surface area contributed by atoms with Crippen molar-refractivity contribution in [3.8, 4) is 0 Å². The highest BCUT2D eigenvalue weighted by molar-refractivity contribution is 7.09. The van der Waals surface area contributed by atoms with Gasteiger partial charge in [-0.3, -0.25) is 4.79 Å². The first kappa shape index (κ1) is 13.9. The zero-order valence-corrected chi connectivity index (χ0v) is 11.0. The van der Waals surface area contributed by atoms with Crippen molar-refractivity contribution in [2.24, 2.45) is 0 Å². The number of carbonyl (C=O) groups excluding carboxylic acids is 2. The molecule has 0 aliphatic heterocycles. The molecule has 1 rings (SSSR count).